The minimum Gasteiger partial charge on any atom is -0.481 e. The largest absolute Gasteiger partial charge is 0.481 e. The van der Waals surface area contributed by atoms with E-state index in [9.17, 15) is 19.4 Å². The van der Waals surface area contributed by atoms with Crippen molar-refractivity contribution < 1.29 is 19.4 Å². The van der Waals surface area contributed by atoms with E-state index in [2.05, 4.69) is 15.9 Å². The molecular formula is C13H16BrFO3. The summed E-state index contributed by atoms with van der Waals surface area (Å²) < 4.78 is 13.4. The smallest absolute Gasteiger partial charge is 0.309 e. The van der Waals surface area contributed by atoms with Gasteiger partial charge in [-0.2, -0.15) is 0 Å². The monoisotopic (exact) mass is 318 g/mol. The molecule has 0 aromatic heterocycles. The van der Waals surface area contributed by atoms with Gasteiger partial charge in [0.25, 0.3) is 0 Å². The van der Waals surface area contributed by atoms with Crippen molar-refractivity contribution in [2.24, 2.45) is 5.92 Å². The summed E-state index contributed by atoms with van der Waals surface area (Å²) in [6, 6.07) is 4.03. The molecule has 0 fully saturated rings. The second-order valence-corrected chi connectivity index (χ2v) is 5.31. The Kier molecular flexibility index (Phi) is 4.87. The minimum atomic E-state index is -1.53. The number of aliphatic hydroxyl groups is 1. The molecular weight excluding hydrogens is 303 g/mol. The molecule has 5 heteroatoms. The van der Waals surface area contributed by atoms with Crippen molar-refractivity contribution in [3.63, 3.8) is 0 Å². The first-order chi connectivity index (χ1) is 8.30. The van der Waals surface area contributed by atoms with Gasteiger partial charge in [-0.25, -0.2) is 4.39 Å². The van der Waals surface area contributed by atoms with Crippen molar-refractivity contribution in [3.8, 4) is 0 Å². The van der Waals surface area contributed by atoms with Crippen LogP contribution < -0.4 is 0 Å². The number of carboxylic acids is 1. The maximum atomic E-state index is 13.1. The van der Waals surface area contributed by atoms with Crippen molar-refractivity contribution in [3.05, 3.63) is 34.1 Å². The van der Waals surface area contributed by atoms with Gasteiger partial charge in [0.2, 0.25) is 0 Å². The van der Waals surface area contributed by atoms with Crippen LogP contribution in [0.3, 0.4) is 0 Å². The lowest BCUT2D eigenvalue weighted by Crippen LogP contribution is -2.37. The van der Waals surface area contributed by atoms with Crippen LogP contribution in [-0.2, 0) is 10.4 Å². The lowest BCUT2D eigenvalue weighted by Gasteiger charge is -2.30. The molecule has 2 N–H and O–H groups in total. The van der Waals surface area contributed by atoms with Crippen LogP contribution in [0.25, 0.3) is 0 Å². The van der Waals surface area contributed by atoms with E-state index in [1.807, 2.05) is 6.92 Å². The Morgan fingerprint density at radius 3 is 2.61 bits per heavy atom. The Balaban J connectivity index is 3.16. The number of hydrogen-bond donors (Lipinski definition) is 2. The summed E-state index contributed by atoms with van der Waals surface area (Å²) in [5.41, 5.74) is -1.14. The molecule has 0 heterocycles. The van der Waals surface area contributed by atoms with Gasteiger partial charge in [-0.3, -0.25) is 4.79 Å². The van der Waals surface area contributed by atoms with E-state index in [4.69, 9.17) is 0 Å². The molecule has 0 aliphatic carbocycles. The zero-order valence-electron chi connectivity index (χ0n) is 10.3. The van der Waals surface area contributed by atoms with Gasteiger partial charge in [0.1, 0.15) is 11.4 Å². The third-order valence-corrected chi connectivity index (χ3v) is 3.67. The Hall–Kier alpha value is -0.940. The molecule has 2 unspecified atom stereocenters. The van der Waals surface area contributed by atoms with E-state index in [1.165, 1.54) is 25.1 Å². The number of hydrogen-bond acceptors (Lipinski definition) is 2. The highest BCUT2D eigenvalue weighted by molar-refractivity contribution is 9.10. The highest BCUT2D eigenvalue weighted by Crippen LogP contribution is 2.34. The van der Waals surface area contributed by atoms with Crippen molar-refractivity contribution in [2.45, 2.75) is 32.3 Å². The summed E-state index contributed by atoms with van der Waals surface area (Å²) in [5, 5.41) is 19.6. The van der Waals surface area contributed by atoms with Crippen molar-refractivity contribution in [2.75, 3.05) is 0 Å². The Morgan fingerprint density at radius 1 is 1.56 bits per heavy atom. The molecule has 0 aliphatic heterocycles. The third-order valence-electron chi connectivity index (χ3n) is 3.06. The second kappa shape index (κ2) is 5.80. The number of carboxylic acid groups (broad SMARTS) is 1. The normalized spacial score (nSPS) is 16.1. The molecule has 1 aromatic rings. The molecule has 2 atom stereocenters. The molecule has 3 nitrogen and oxygen atoms in total. The summed E-state index contributed by atoms with van der Waals surface area (Å²) in [5.74, 6) is -2.42. The Labute approximate surface area is 114 Å². The Morgan fingerprint density at radius 2 is 2.17 bits per heavy atom. The van der Waals surface area contributed by atoms with Crippen LogP contribution in [0.15, 0.2) is 22.7 Å². The van der Waals surface area contributed by atoms with Gasteiger partial charge in [0.15, 0.2) is 0 Å². The van der Waals surface area contributed by atoms with E-state index in [1.54, 1.807) is 0 Å². The van der Waals surface area contributed by atoms with Gasteiger partial charge < -0.3 is 10.2 Å². The minimum absolute atomic E-state index is 0.209. The van der Waals surface area contributed by atoms with E-state index in [-0.39, 0.29) is 4.47 Å². The number of benzene rings is 1. The fraction of sp³-hybridized carbons (Fsp3) is 0.462. The molecule has 0 bridgehead atoms. The topological polar surface area (TPSA) is 57.5 Å². The zero-order chi connectivity index (χ0) is 13.9. The number of rotatable bonds is 5. The first-order valence-corrected chi connectivity index (χ1v) is 6.50. The van der Waals surface area contributed by atoms with Crippen LogP contribution >= 0.6 is 15.9 Å². The summed E-state index contributed by atoms with van der Waals surface area (Å²) in [4.78, 5) is 11.2. The SMILES string of the molecule is CCCC(C(=O)O)C(C)(O)c1ccc(F)c(Br)c1. The predicted molar refractivity (Wildman–Crippen MR) is 69.7 cm³/mol. The molecule has 1 rings (SSSR count). The molecule has 0 radical (unpaired) electrons. The molecule has 18 heavy (non-hydrogen) atoms. The second-order valence-electron chi connectivity index (χ2n) is 4.46. The molecule has 0 saturated carbocycles. The molecule has 0 spiro atoms. The van der Waals surface area contributed by atoms with Crippen LogP contribution in [0.2, 0.25) is 0 Å². The maximum Gasteiger partial charge on any atom is 0.309 e. The summed E-state index contributed by atoms with van der Waals surface area (Å²) in [7, 11) is 0. The lowest BCUT2D eigenvalue weighted by atomic mass is 9.80. The van der Waals surface area contributed by atoms with E-state index < -0.39 is 23.3 Å². The van der Waals surface area contributed by atoms with Crippen molar-refractivity contribution >= 4 is 21.9 Å². The van der Waals surface area contributed by atoms with Crippen LogP contribution in [0, 0.1) is 11.7 Å². The van der Waals surface area contributed by atoms with Crippen LogP contribution in [0.1, 0.15) is 32.3 Å². The van der Waals surface area contributed by atoms with Crippen LogP contribution in [0.5, 0.6) is 0 Å². The van der Waals surface area contributed by atoms with Gasteiger partial charge in [-0.05, 0) is 47.0 Å². The van der Waals surface area contributed by atoms with Gasteiger partial charge in [-0.15, -0.1) is 0 Å². The van der Waals surface area contributed by atoms with E-state index in [0.717, 1.165) is 0 Å². The first-order valence-electron chi connectivity index (χ1n) is 5.71. The number of halogens is 2. The zero-order valence-corrected chi connectivity index (χ0v) is 11.9. The molecule has 1 aromatic carbocycles. The van der Waals surface area contributed by atoms with Crippen LogP contribution in [0.4, 0.5) is 4.39 Å². The fourth-order valence-corrected chi connectivity index (χ4v) is 2.32. The molecule has 0 amide bonds. The summed E-state index contributed by atoms with van der Waals surface area (Å²) >= 11 is 3.03. The van der Waals surface area contributed by atoms with Gasteiger partial charge in [-0.1, -0.05) is 19.4 Å². The van der Waals surface area contributed by atoms with E-state index >= 15 is 0 Å². The predicted octanol–water partition coefficient (Wildman–Crippen LogP) is 3.30. The number of carbonyl (C=O) groups is 1. The molecule has 0 saturated heterocycles. The third kappa shape index (κ3) is 3.09. The Bertz CT molecular complexity index is 446. The fourth-order valence-electron chi connectivity index (χ4n) is 1.95. The highest BCUT2D eigenvalue weighted by atomic mass is 79.9. The van der Waals surface area contributed by atoms with E-state index in [0.29, 0.717) is 18.4 Å². The van der Waals surface area contributed by atoms with Gasteiger partial charge in [0, 0.05) is 0 Å². The van der Waals surface area contributed by atoms with Crippen molar-refractivity contribution in [1.29, 1.82) is 0 Å². The van der Waals surface area contributed by atoms with Crippen LogP contribution in [-0.4, -0.2) is 16.2 Å². The number of aliphatic carboxylic acids is 1. The molecule has 0 aliphatic rings. The summed E-state index contributed by atoms with van der Waals surface area (Å²) in [6.07, 6.45) is 1.01. The molecule has 100 valence electrons. The summed E-state index contributed by atoms with van der Waals surface area (Å²) in [6.45, 7) is 3.30. The first kappa shape index (κ1) is 15.1. The average molecular weight is 319 g/mol. The highest BCUT2D eigenvalue weighted by Gasteiger charge is 2.38. The van der Waals surface area contributed by atoms with Gasteiger partial charge in [0.05, 0.1) is 10.4 Å². The van der Waals surface area contributed by atoms with Crippen molar-refractivity contribution in [1.82, 2.24) is 0 Å². The average Bonchev–Trinajstić information content (AvgIpc) is 2.28. The maximum absolute atomic E-state index is 13.1. The van der Waals surface area contributed by atoms with Gasteiger partial charge >= 0.3 is 5.97 Å². The quantitative estimate of drug-likeness (QED) is 0.875. The standard InChI is InChI=1S/C13H16BrFO3/c1-3-4-9(12(16)17)13(2,18)8-5-6-11(15)10(14)7-8/h5-7,9,18H,3-4H2,1-2H3,(H,16,17). The lowest BCUT2D eigenvalue weighted by molar-refractivity contribution is -0.152.